The zero-order valence-electron chi connectivity index (χ0n) is 21.8. The molecule has 1 aromatic rings. The van der Waals surface area contributed by atoms with Crippen molar-refractivity contribution in [3.05, 3.63) is 18.2 Å². The number of rotatable bonds is 23. The molecule has 1 heterocycles. The van der Waals surface area contributed by atoms with Crippen LogP contribution >= 0.6 is 0 Å². The number of imidazole rings is 1. The van der Waals surface area contributed by atoms with Crippen molar-refractivity contribution in [2.75, 3.05) is 0 Å². The normalized spacial score (nSPS) is 11.5. The quantitative estimate of drug-likeness (QED) is 0.120. The van der Waals surface area contributed by atoms with Crippen LogP contribution in [0, 0.1) is 0 Å². The van der Waals surface area contributed by atoms with Crippen LogP contribution in [0.2, 0.25) is 0 Å². The fraction of sp³-hybridized carbons (Fsp3) is 0.897. The van der Waals surface area contributed by atoms with E-state index in [0.29, 0.717) is 0 Å². The second-order valence-corrected chi connectivity index (χ2v) is 9.86. The molecule has 0 aliphatic carbocycles. The Kier molecular flexibility index (Phi) is 19.2. The van der Waals surface area contributed by atoms with E-state index in [1.54, 1.807) is 5.82 Å². The highest BCUT2D eigenvalue weighted by atomic mass is 15.1. The van der Waals surface area contributed by atoms with Crippen molar-refractivity contribution in [2.24, 2.45) is 0 Å². The molecule has 0 atom stereocenters. The number of hydrogen-bond donors (Lipinski definition) is 0. The Labute approximate surface area is 196 Å². The summed E-state index contributed by atoms with van der Waals surface area (Å²) < 4.78 is 5.02. The lowest BCUT2D eigenvalue weighted by molar-refractivity contribution is -0.703. The van der Waals surface area contributed by atoms with Gasteiger partial charge in [0.25, 0.3) is 5.82 Å². The van der Waals surface area contributed by atoms with E-state index in [9.17, 15) is 0 Å². The van der Waals surface area contributed by atoms with E-state index in [1.807, 2.05) is 0 Å². The lowest BCUT2D eigenvalue weighted by atomic mass is 10.0. The van der Waals surface area contributed by atoms with E-state index >= 15 is 0 Å². The van der Waals surface area contributed by atoms with Gasteiger partial charge in [-0.1, -0.05) is 130 Å². The summed E-state index contributed by atoms with van der Waals surface area (Å²) in [6.07, 6.45) is 34.3. The van der Waals surface area contributed by atoms with Gasteiger partial charge in [-0.3, -0.25) is 0 Å². The lowest BCUT2D eigenvalue weighted by Crippen LogP contribution is -2.37. The summed E-state index contributed by atoms with van der Waals surface area (Å²) in [5.41, 5.74) is 0. The molecule has 31 heavy (non-hydrogen) atoms. The molecule has 0 spiro atoms. The van der Waals surface area contributed by atoms with E-state index in [2.05, 4.69) is 42.3 Å². The number of unbranched alkanes of at least 4 members (excludes halogenated alkanes) is 17. The summed E-state index contributed by atoms with van der Waals surface area (Å²) in [4.78, 5) is 0. The van der Waals surface area contributed by atoms with Crippen molar-refractivity contribution in [2.45, 2.75) is 169 Å². The third-order valence-electron chi connectivity index (χ3n) is 6.81. The second kappa shape index (κ2) is 21.1. The number of nitrogens with zero attached hydrogens (tertiary/aromatic N) is 2. The Morgan fingerprint density at radius 1 is 0.548 bits per heavy atom. The van der Waals surface area contributed by atoms with Crippen molar-refractivity contribution >= 4 is 0 Å². The second-order valence-electron chi connectivity index (χ2n) is 9.86. The minimum Gasteiger partial charge on any atom is -0.234 e. The standard InChI is InChI=1S/C29H57N2/c1-4-7-9-10-11-12-13-14-15-16-17-18-19-20-21-22-23-24-29-30(25-6-3)27-28-31(29)26-8-5-2/h27-28H,4-26H2,1-3H3/q+1. The average Bonchev–Trinajstić information content (AvgIpc) is 3.16. The predicted molar refractivity (Wildman–Crippen MR) is 138 cm³/mol. The minimum atomic E-state index is 1.17. The maximum atomic E-state index is 2.52. The molecule has 0 radical (unpaired) electrons. The summed E-state index contributed by atoms with van der Waals surface area (Å²) in [6.45, 7) is 9.25. The SMILES string of the molecule is CCCCCCCCCCCCCCCCCCCc1n(CCCC)cc[n+]1CCC. The molecular formula is C29H57N2+. The summed E-state index contributed by atoms with van der Waals surface area (Å²) >= 11 is 0. The number of aryl methyl sites for hydroxylation is 2. The first-order chi connectivity index (χ1) is 15.3. The zero-order chi connectivity index (χ0) is 22.4. The van der Waals surface area contributed by atoms with Crippen molar-refractivity contribution in [1.82, 2.24) is 4.57 Å². The van der Waals surface area contributed by atoms with Gasteiger partial charge in [0.1, 0.15) is 12.4 Å². The van der Waals surface area contributed by atoms with Gasteiger partial charge < -0.3 is 0 Å². The lowest BCUT2D eigenvalue weighted by Gasteiger charge is -2.05. The molecule has 0 aliphatic heterocycles. The fourth-order valence-corrected chi connectivity index (χ4v) is 4.77. The highest BCUT2D eigenvalue weighted by Crippen LogP contribution is 2.14. The van der Waals surface area contributed by atoms with E-state index in [-0.39, 0.29) is 0 Å². The zero-order valence-corrected chi connectivity index (χ0v) is 21.8. The van der Waals surface area contributed by atoms with Crippen LogP contribution in [0.1, 0.15) is 155 Å². The van der Waals surface area contributed by atoms with Gasteiger partial charge in [-0.15, -0.1) is 0 Å². The Morgan fingerprint density at radius 3 is 1.45 bits per heavy atom. The van der Waals surface area contributed by atoms with E-state index in [0.717, 1.165) is 0 Å². The highest BCUT2D eigenvalue weighted by molar-refractivity contribution is 4.84. The van der Waals surface area contributed by atoms with Gasteiger partial charge in [0, 0.05) is 6.42 Å². The maximum absolute atomic E-state index is 2.52. The van der Waals surface area contributed by atoms with Crippen LogP contribution in [-0.2, 0) is 19.5 Å². The van der Waals surface area contributed by atoms with E-state index in [4.69, 9.17) is 0 Å². The molecule has 1 aromatic heterocycles. The molecule has 0 amide bonds. The van der Waals surface area contributed by atoms with Crippen LogP contribution in [0.5, 0.6) is 0 Å². The van der Waals surface area contributed by atoms with Gasteiger partial charge in [0.2, 0.25) is 0 Å². The van der Waals surface area contributed by atoms with Gasteiger partial charge in [0.15, 0.2) is 0 Å². The smallest absolute Gasteiger partial charge is 0.234 e. The summed E-state index contributed by atoms with van der Waals surface area (Å²) in [7, 11) is 0. The molecule has 0 aromatic carbocycles. The Hall–Kier alpha value is -0.790. The molecule has 0 aliphatic rings. The molecule has 0 N–H and O–H groups in total. The summed E-state index contributed by atoms with van der Waals surface area (Å²) in [5.74, 6) is 1.57. The van der Waals surface area contributed by atoms with Crippen molar-refractivity contribution in [3.63, 3.8) is 0 Å². The van der Waals surface area contributed by atoms with Crippen LogP contribution in [0.25, 0.3) is 0 Å². The van der Waals surface area contributed by atoms with Crippen LogP contribution < -0.4 is 4.57 Å². The summed E-state index contributed by atoms with van der Waals surface area (Å²) in [6, 6.07) is 0. The van der Waals surface area contributed by atoms with Gasteiger partial charge in [-0.2, -0.15) is 0 Å². The highest BCUT2D eigenvalue weighted by Gasteiger charge is 2.15. The predicted octanol–water partition coefficient (Wildman–Crippen LogP) is 9.18. The molecular weight excluding hydrogens is 376 g/mol. The topological polar surface area (TPSA) is 8.81 Å². The third kappa shape index (κ3) is 14.8. The summed E-state index contributed by atoms with van der Waals surface area (Å²) in [5, 5.41) is 0. The molecule has 2 heteroatoms. The fourth-order valence-electron chi connectivity index (χ4n) is 4.77. The molecule has 0 saturated carbocycles. The van der Waals surface area contributed by atoms with Crippen LogP contribution in [0.15, 0.2) is 12.4 Å². The largest absolute Gasteiger partial charge is 0.256 e. The van der Waals surface area contributed by atoms with E-state index in [1.165, 1.54) is 148 Å². The van der Waals surface area contributed by atoms with Gasteiger partial charge in [-0.25, -0.2) is 9.13 Å². The first kappa shape index (κ1) is 28.2. The first-order valence-corrected chi connectivity index (χ1v) is 14.4. The van der Waals surface area contributed by atoms with Crippen molar-refractivity contribution < 1.29 is 4.57 Å². The van der Waals surface area contributed by atoms with E-state index < -0.39 is 0 Å². The maximum Gasteiger partial charge on any atom is 0.256 e. The third-order valence-corrected chi connectivity index (χ3v) is 6.81. The Balaban J connectivity index is 1.94. The monoisotopic (exact) mass is 433 g/mol. The minimum absolute atomic E-state index is 1.17. The van der Waals surface area contributed by atoms with Gasteiger partial charge in [0.05, 0.1) is 13.1 Å². The average molecular weight is 434 g/mol. The Morgan fingerprint density at radius 2 is 1.00 bits per heavy atom. The molecule has 2 nitrogen and oxygen atoms in total. The van der Waals surface area contributed by atoms with Crippen molar-refractivity contribution in [3.8, 4) is 0 Å². The van der Waals surface area contributed by atoms with Crippen LogP contribution in [0.4, 0.5) is 0 Å². The van der Waals surface area contributed by atoms with Crippen LogP contribution in [0.3, 0.4) is 0 Å². The molecule has 0 bridgehead atoms. The van der Waals surface area contributed by atoms with Crippen LogP contribution in [-0.4, -0.2) is 4.57 Å². The Bertz CT molecular complexity index is 491. The van der Waals surface area contributed by atoms with Gasteiger partial charge >= 0.3 is 0 Å². The van der Waals surface area contributed by atoms with Gasteiger partial charge in [-0.05, 0) is 19.3 Å². The molecule has 0 saturated heterocycles. The number of hydrogen-bond acceptors (Lipinski definition) is 0. The molecule has 0 fully saturated rings. The number of aromatic nitrogens is 2. The molecule has 182 valence electrons. The molecule has 0 unspecified atom stereocenters. The van der Waals surface area contributed by atoms with Crippen molar-refractivity contribution in [1.29, 1.82) is 0 Å². The first-order valence-electron chi connectivity index (χ1n) is 14.4. The molecule has 1 rings (SSSR count).